The van der Waals surface area contributed by atoms with Crippen molar-refractivity contribution in [3.8, 4) is 0 Å². The summed E-state index contributed by atoms with van der Waals surface area (Å²) in [6.07, 6.45) is 4.22. The van der Waals surface area contributed by atoms with E-state index < -0.39 is 0 Å². The summed E-state index contributed by atoms with van der Waals surface area (Å²) < 4.78 is 5.28. The van der Waals surface area contributed by atoms with Crippen LogP contribution in [0.5, 0.6) is 0 Å². The van der Waals surface area contributed by atoms with E-state index in [0.717, 1.165) is 23.1 Å². The number of nitrogens with two attached hydrogens (primary N) is 1. The quantitative estimate of drug-likeness (QED) is 0.724. The molecule has 0 fully saturated rings. The van der Waals surface area contributed by atoms with E-state index in [0.29, 0.717) is 6.54 Å². The van der Waals surface area contributed by atoms with Gasteiger partial charge in [-0.05, 0) is 18.7 Å². The standard InChI is InChI=1S/C9H10N2O/c10-4-1-8-9-7(2-5-11-8)3-6-12-9/h2-3,5-6H,1,4,10H2. The molecule has 0 aliphatic heterocycles. The average Bonchev–Trinajstić information content (AvgIpc) is 2.53. The van der Waals surface area contributed by atoms with Gasteiger partial charge in [0.15, 0.2) is 5.58 Å². The second-order valence-corrected chi connectivity index (χ2v) is 2.64. The van der Waals surface area contributed by atoms with Crippen molar-refractivity contribution in [3.05, 3.63) is 30.3 Å². The Bertz CT molecular complexity index is 381. The van der Waals surface area contributed by atoms with Gasteiger partial charge < -0.3 is 10.2 Å². The molecule has 3 heteroatoms. The lowest BCUT2D eigenvalue weighted by atomic mass is 10.2. The molecule has 0 saturated heterocycles. The van der Waals surface area contributed by atoms with Gasteiger partial charge in [0.25, 0.3) is 0 Å². The van der Waals surface area contributed by atoms with Crippen molar-refractivity contribution in [1.82, 2.24) is 4.98 Å². The molecular weight excluding hydrogens is 152 g/mol. The molecule has 2 aromatic heterocycles. The van der Waals surface area contributed by atoms with Crippen LogP contribution in [0.2, 0.25) is 0 Å². The first-order chi connectivity index (χ1) is 5.92. The number of nitrogens with zero attached hydrogens (tertiary/aromatic N) is 1. The molecule has 2 rings (SSSR count). The minimum atomic E-state index is 0.604. The summed E-state index contributed by atoms with van der Waals surface area (Å²) in [6, 6.07) is 3.86. The summed E-state index contributed by atoms with van der Waals surface area (Å²) in [4.78, 5) is 4.20. The number of hydrogen-bond acceptors (Lipinski definition) is 3. The van der Waals surface area contributed by atoms with E-state index in [9.17, 15) is 0 Å². The Morgan fingerprint density at radius 3 is 3.17 bits per heavy atom. The molecule has 62 valence electrons. The smallest absolute Gasteiger partial charge is 0.155 e. The fourth-order valence-electron chi connectivity index (χ4n) is 1.27. The summed E-state index contributed by atoms with van der Waals surface area (Å²) >= 11 is 0. The number of aromatic nitrogens is 1. The van der Waals surface area contributed by atoms with Gasteiger partial charge in [0, 0.05) is 18.0 Å². The van der Waals surface area contributed by atoms with Gasteiger partial charge >= 0.3 is 0 Å². The third-order valence-corrected chi connectivity index (χ3v) is 1.82. The van der Waals surface area contributed by atoms with Gasteiger partial charge in [0.2, 0.25) is 0 Å². The molecule has 0 aliphatic rings. The van der Waals surface area contributed by atoms with Crippen LogP contribution in [0.25, 0.3) is 11.0 Å². The van der Waals surface area contributed by atoms with Crippen molar-refractivity contribution in [2.75, 3.05) is 6.54 Å². The monoisotopic (exact) mass is 162 g/mol. The number of furan rings is 1. The third kappa shape index (κ3) is 1.08. The van der Waals surface area contributed by atoms with E-state index in [4.69, 9.17) is 10.2 Å². The van der Waals surface area contributed by atoms with E-state index in [2.05, 4.69) is 4.98 Å². The highest BCUT2D eigenvalue weighted by Crippen LogP contribution is 2.17. The molecule has 0 saturated carbocycles. The minimum absolute atomic E-state index is 0.604. The van der Waals surface area contributed by atoms with Crippen LogP contribution in [-0.2, 0) is 6.42 Å². The van der Waals surface area contributed by atoms with E-state index in [1.807, 2.05) is 12.1 Å². The van der Waals surface area contributed by atoms with Gasteiger partial charge in [-0.25, -0.2) is 0 Å². The Labute approximate surface area is 70.2 Å². The lowest BCUT2D eigenvalue weighted by Gasteiger charge is -1.96. The van der Waals surface area contributed by atoms with Crippen molar-refractivity contribution >= 4 is 11.0 Å². The molecule has 0 aromatic carbocycles. The fraction of sp³-hybridized carbons (Fsp3) is 0.222. The zero-order chi connectivity index (χ0) is 8.39. The molecule has 0 bridgehead atoms. The van der Waals surface area contributed by atoms with E-state index in [1.54, 1.807) is 12.5 Å². The van der Waals surface area contributed by atoms with Crippen LogP contribution in [0, 0.1) is 0 Å². The van der Waals surface area contributed by atoms with Crippen molar-refractivity contribution < 1.29 is 4.42 Å². The van der Waals surface area contributed by atoms with Crippen molar-refractivity contribution in [2.45, 2.75) is 6.42 Å². The van der Waals surface area contributed by atoms with Crippen LogP contribution >= 0.6 is 0 Å². The fourth-order valence-corrected chi connectivity index (χ4v) is 1.27. The zero-order valence-electron chi connectivity index (χ0n) is 6.66. The molecule has 12 heavy (non-hydrogen) atoms. The Morgan fingerprint density at radius 1 is 1.42 bits per heavy atom. The van der Waals surface area contributed by atoms with Gasteiger partial charge in [-0.1, -0.05) is 0 Å². The highest BCUT2D eigenvalue weighted by molar-refractivity contribution is 5.78. The summed E-state index contributed by atoms with van der Waals surface area (Å²) in [7, 11) is 0. The summed E-state index contributed by atoms with van der Waals surface area (Å²) in [5.41, 5.74) is 7.25. The Hall–Kier alpha value is -1.35. The molecule has 2 N–H and O–H groups in total. The predicted octanol–water partition coefficient (Wildman–Crippen LogP) is 1.33. The Balaban J connectivity index is 2.57. The summed E-state index contributed by atoms with van der Waals surface area (Å²) in [5.74, 6) is 0. The zero-order valence-corrected chi connectivity index (χ0v) is 6.66. The first-order valence-corrected chi connectivity index (χ1v) is 3.93. The lowest BCUT2D eigenvalue weighted by molar-refractivity contribution is 0.607. The minimum Gasteiger partial charge on any atom is -0.462 e. The van der Waals surface area contributed by atoms with Crippen molar-refractivity contribution in [3.63, 3.8) is 0 Å². The maximum atomic E-state index is 5.44. The molecule has 0 spiro atoms. The van der Waals surface area contributed by atoms with Crippen LogP contribution in [-0.4, -0.2) is 11.5 Å². The number of pyridine rings is 1. The SMILES string of the molecule is NCCc1nccc2ccoc12. The third-order valence-electron chi connectivity index (χ3n) is 1.82. The molecule has 2 aromatic rings. The number of fused-ring (bicyclic) bond motifs is 1. The lowest BCUT2D eigenvalue weighted by Crippen LogP contribution is -2.04. The van der Waals surface area contributed by atoms with Gasteiger partial charge in [-0.15, -0.1) is 0 Å². The largest absolute Gasteiger partial charge is 0.462 e. The molecule has 0 radical (unpaired) electrons. The molecule has 3 nitrogen and oxygen atoms in total. The summed E-state index contributed by atoms with van der Waals surface area (Å²) in [5, 5.41) is 1.09. The van der Waals surface area contributed by atoms with Crippen LogP contribution in [0.15, 0.2) is 29.0 Å². The van der Waals surface area contributed by atoms with Crippen LogP contribution in [0.4, 0.5) is 0 Å². The first-order valence-electron chi connectivity index (χ1n) is 3.93. The van der Waals surface area contributed by atoms with Gasteiger partial charge in [-0.2, -0.15) is 0 Å². The molecule has 0 aliphatic carbocycles. The van der Waals surface area contributed by atoms with Crippen molar-refractivity contribution in [1.29, 1.82) is 0 Å². The predicted molar refractivity (Wildman–Crippen MR) is 46.8 cm³/mol. The van der Waals surface area contributed by atoms with Gasteiger partial charge in [0.1, 0.15) is 0 Å². The normalized spacial score (nSPS) is 10.8. The Kier molecular flexibility index (Phi) is 1.80. The van der Waals surface area contributed by atoms with E-state index in [-0.39, 0.29) is 0 Å². The van der Waals surface area contributed by atoms with Gasteiger partial charge in [0.05, 0.1) is 12.0 Å². The van der Waals surface area contributed by atoms with Crippen molar-refractivity contribution in [2.24, 2.45) is 5.73 Å². The van der Waals surface area contributed by atoms with E-state index >= 15 is 0 Å². The number of rotatable bonds is 2. The Morgan fingerprint density at radius 2 is 2.33 bits per heavy atom. The average molecular weight is 162 g/mol. The van der Waals surface area contributed by atoms with Crippen LogP contribution < -0.4 is 5.73 Å². The summed E-state index contributed by atoms with van der Waals surface area (Å²) in [6.45, 7) is 0.604. The van der Waals surface area contributed by atoms with E-state index in [1.165, 1.54) is 0 Å². The second kappa shape index (κ2) is 2.95. The highest BCUT2D eigenvalue weighted by Gasteiger charge is 2.03. The second-order valence-electron chi connectivity index (χ2n) is 2.64. The van der Waals surface area contributed by atoms with Crippen LogP contribution in [0.3, 0.4) is 0 Å². The first kappa shape index (κ1) is 7.31. The highest BCUT2D eigenvalue weighted by atomic mass is 16.3. The molecule has 0 atom stereocenters. The molecule has 2 heterocycles. The van der Waals surface area contributed by atoms with Gasteiger partial charge in [-0.3, -0.25) is 4.98 Å². The molecule has 0 unspecified atom stereocenters. The molecular formula is C9H10N2O. The number of hydrogen-bond donors (Lipinski definition) is 1. The topological polar surface area (TPSA) is 52.0 Å². The van der Waals surface area contributed by atoms with Crippen LogP contribution in [0.1, 0.15) is 5.69 Å². The maximum Gasteiger partial charge on any atom is 0.155 e. The molecule has 0 amide bonds. The maximum absolute atomic E-state index is 5.44.